The minimum atomic E-state index is -0.389. The number of nitrogens with two attached hydrogens (primary N) is 2. The third kappa shape index (κ3) is 3.28. The maximum atomic E-state index is 11.3. The number of imidazole rings is 1. The lowest BCUT2D eigenvalue weighted by molar-refractivity contribution is -0.116. The molecule has 2 rings (SSSR count). The molecule has 0 atom stereocenters. The number of aromatic nitrogens is 2. The van der Waals surface area contributed by atoms with Crippen LogP contribution in [0.4, 0.5) is 11.6 Å². The quantitative estimate of drug-likeness (QED) is 0.768. The fourth-order valence-corrected chi connectivity index (χ4v) is 2.13. The van der Waals surface area contributed by atoms with Crippen molar-refractivity contribution in [1.29, 1.82) is 0 Å². The summed E-state index contributed by atoms with van der Waals surface area (Å²) in [4.78, 5) is 17.4. The number of nitrogens with zero attached hydrogens (tertiary/aromatic N) is 3. The number of primary amides is 1. The Kier molecular flexibility index (Phi) is 4.24. The molecule has 4 N–H and O–H groups in total. The highest BCUT2D eigenvalue weighted by Gasteiger charge is 2.15. The van der Waals surface area contributed by atoms with Gasteiger partial charge in [0.2, 0.25) is 11.9 Å². The summed E-state index contributed by atoms with van der Waals surface area (Å²) in [6.45, 7) is 3.45. The Morgan fingerprint density at radius 3 is 2.90 bits per heavy atom. The molecule has 0 fully saturated rings. The Bertz CT molecular complexity index is 593. The predicted octanol–water partition coefficient (Wildman–Crippen LogP) is 0.977. The van der Waals surface area contributed by atoms with E-state index in [4.69, 9.17) is 11.5 Å². The molecular formula is C14H19N5O. The highest BCUT2D eigenvalue weighted by Crippen LogP contribution is 2.16. The zero-order valence-electron chi connectivity index (χ0n) is 11.5. The second-order valence-electron chi connectivity index (χ2n) is 4.58. The van der Waals surface area contributed by atoms with Gasteiger partial charge < -0.3 is 20.9 Å². The van der Waals surface area contributed by atoms with Gasteiger partial charge in [-0.15, -0.1) is 0 Å². The van der Waals surface area contributed by atoms with Crippen molar-refractivity contribution in [3.05, 3.63) is 42.2 Å². The number of carbonyl (C=O) groups excluding carboxylic acids is 1. The van der Waals surface area contributed by atoms with Crippen LogP contribution in [0.5, 0.6) is 0 Å². The molecule has 0 unspecified atom stereocenters. The maximum Gasteiger partial charge on any atom is 0.237 e. The van der Waals surface area contributed by atoms with E-state index in [9.17, 15) is 4.79 Å². The van der Waals surface area contributed by atoms with Crippen LogP contribution >= 0.6 is 0 Å². The molecule has 0 radical (unpaired) electrons. The summed E-state index contributed by atoms with van der Waals surface area (Å²) < 4.78 is 1.97. The SMILES string of the molecule is CCn1ccnc1N(CC(N)=O)Cc1cccc(N)c1. The van der Waals surface area contributed by atoms with Gasteiger partial charge in [-0.3, -0.25) is 4.79 Å². The normalized spacial score (nSPS) is 10.4. The van der Waals surface area contributed by atoms with E-state index in [1.165, 1.54) is 0 Å². The zero-order chi connectivity index (χ0) is 14.5. The molecule has 0 bridgehead atoms. The Hall–Kier alpha value is -2.50. The zero-order valence-corrected chi connectivity index (χ0v) is 11.5. The van der Waals surface area contributed by atoms with Gasteiger partial charge in [0, 0.05) is 31.2 Å². The Balaban J connectivity index is 2.26. The summed E-state index contributed by atoms with van der Waals surface area (Å²) in [5.41, 5.74) is 12.8. The molecule has 1 amide bonds. The summed E-state index contributed by atoms with van der Waals surface area (Å²) in [7, 11) is 0. The maximum absolute atomic E-state index is 11.3. The number of hydrogen-bond donors (Lipinski definition) is 2. The number of nitrogen functional groups attached to an aromatic ring is 1. The Morgan fingerprint density at radius 1 is 1.45 bits per heavy atom. The van der Waals surface area contributed by atoms with Gasteiger partial charge in [0.05, 0.1) is 6.54 Å². The Labute approximate surface area is 118 Å². The molecule has 0 saturated heterocycles. The van der Waals surface area contributed by atoms with Crippen LogP contribution in [-0.4, -0.2) is 22.0 Å². The van der Waals surface area contributed by atoms with E-state index in [0.29, 0.717) is 12.2 Å². The van der Waals surface area contributed by atoms with Crippen molar-refractivity contribution in [1.82, 2.24) is 9.55 Å². The summed E-state index contributed by atoms with van der Waals surface area (Å²) in [6, 6.07) is 7.56. The topological polar surface area (TPSA) is 90.2 Å². The van der Waals surface area contributed by atoms with Gasteiger partial charge in [-0.1, -0.05) is 12.1 Å². The number of carbonyl (C=O) groups is 1. The lowest BCUT2D eigenvalue weighted by atomic mass is 10.2. The van der Waals surface area contributed by atoms with E-state index in [0.717, 1.165) is 18.1 Å². The molecule has 106 valence electrons. The van der Waals surface area contributed by atoms with Crippen molar-refractivity contribution in [3.63, 3.8) is 0 Å². The molecule has 0 spiro atoms. The fourth-order valence-electron chi connectivity index (χ4n) is 2.13. The smallest absolute Gasteiger partial charge is 0.237 e. The average Bonchev–Trinajstić information content (AvgIpc) is 2.85. The molecule has 0 saturated carbocycles. The third-order valence-electron chi connectivity index (χ3n) is 2.99. The number of anilines is 2. The molecule has 0 aliphatic carbocycles. The van der Waals surface area contributed by atoms with Crippen LogP contribution in [0.25, 0.3) is 0 Å². The van der Waals surface area contributed by atoms with Gasteiger partial charge in [-0.25, -0.2) is 4.98 Å². The lowest BCUT2D eigenvalue weighted by Gasteiger charge is -2.23. The first-order chi connectivity index (χ1) is 9.60. The monoisotopic (exact) mass is 273 g/mol. The minimum Gasteiger partial charge on any atom is -0.399 e. The van der Waals surface area contributed by atoms with E-state index >= 15 is 0 Å². The summed E-state index contributed by atoms with van der Waals surface area (Å²) in [6.07, 6.45) is 3.59. The second-order valence-corrected chi connectivity index (χ2v) is 4.58. The standard InChI is InChI=1S/C14H19N5O/c1-2-18-7-6-17-14(18)19(10-13(16)20)9-11-4-3-5-12(15)8-11/h3-8H,2,9-10,15H2,1H3,(H2,16,20). The van der Waals surface area contributed by atoms with Crippen molar-refractivity contribution < 1.29 is 4.79 Å². The van der Waals surface area contributed by atoms with Crippen LogP contribution in [0.1, 0.15) is 12.5 Å². The van der Waals surface area contributed by atoms with E-state index in [1.54, 1.807) is 6.20 Å². The van der Waals surface area contributed by atoms with Gasteiger partial charge in [0.15, 0.2) is 0 Å². The van der Waals surface area contributed by atoms with Gasteiger partial charge in [0.25, 0.3) is 0 Å². The molecule has 1 aromatic carbocycles. The van der Waals surface area contributed by atoms with Crippen molar-refractivity contribution in [2.24, 2.45) is 5.73 Å². The van der Waals surface area contributed by atoms with Crippen LogP contribution in [0, 0.1) is 0 Å². The van der Waals surface area contributed by atoms with Crippen LogP contribution in [0.15, 0.2) is 36.7 Å². The molecule has 2 aromatic rings. The molecule has 6 nitrogen and oxygen atoms in total. The van der Waals surface area contributed by atoms with Gasteiger partial charge in [0.1, 0.15) is 0 Å². The van der Waals surface area contributed by atoms with E-state index in [2.05, 4.69) is 4.98 Å². The molecular weight excluding hydrogens is 254 g/mol. The molecule has 0 aliphatic heterocycles. The number of hydrogen-bond acceptors (Lipinski definition) is 4. The van der Waals surface area contributed by atoms with Crippen LogP contribution in [0.3, 0.4) is 0 Å². The van der Waals surface area contributed by atoms with Gasteiger partial charge in [-0.2, -0.15) is 0 Å². The molecule has 0 aliphatic rings. The largest absolute Gasteiger partial charge is 0.399 e. The van der Waals surface area contributed by atoms with Crippen molar-refractivity contribution >= 4 is 17.5 Å². The third-order valence-corrected chi connectivity index (χ3v) is 2.99. The molecule has 1 heterocycles. The van der Waals surface area contributed by atoms with E-state index < -0.39 is 0 Å². The predicted molar refractivity (Wildman–Crippen MR) is 79.0 cm³/mol. The van der Waals surface area contributed by atoms with Crippen molar-refractivity contribution in [2.45, 2.75) is 20.0 Å². The summed E-state index contributed by atoms with van der Waals surface area (Å²) in [5, 5.41) is 0. The molecule has 6 heteroatoms. The number of aryl methyl sites for hydroxylation is 1. The number of benzene rings is 1. The lowest BCUT2D eigenvalue weighted by Crippen LogP contribution is -2.35. The van der Waals surface area contributed by atoms with Crippen LogP contribution in [0.2, 0.25) is 0 Å². The van der Waals surface area contributed by atoms with E-state index in [-0.39, 0.29) is 12.5 Å². The van der Waals surface area contributed by atoms with Crippen molar-refractivity contribution in [3.8, 4) is 0 Å². The molecule has 20 heavy (non-hydrogen) atoms. The van der Waals surface area contributed by atoms with Gasteiger partial charge in [-0.05, 0) is 24.6 Å². The average molecular weight is 273 g/mol. The summed E-state index contributed by atoms with van der Waals surface area (Å²) in [5.74, 6) is 0.341. The molecule has 1 aromatic heterocycles. The number of rotatable bonds is 6. The van der Waals surface area contributed by atoms with E-state index in [1.807, 2.05) is 46.9 Å². The first-order valence-electron chi connectivity index (χ1n) is 6.49. The van der Waals surface area contributed by atoms with Crippen molar-refractivity contribution in [2.75, 3.05) is 17.2 Å². The highest BCUT2D eigenvalue weighted by molar-refractivity contribution is 5.78. The van der Waals surface area contributed by atoms with Crippen LogP contribution in [-0.2, 0) is 17.9 Å². The van der Waals surface area contributed by atoms with Gasteiger partial charge >= 0.3 is 0 Å². The summed E-state index contributed by atoms with van der Waals surface area (Å²) >= 11 is 0. The Morgan fingerprint density at radius 2 is 2.25 bits per heavy atom. The first-order valence-corrected chi connectivity index (χ1v) is 6.49. The highest BCUT2D eigenvalue weighted by atomic mass is 16.1. The van der Waals surface area contributed by atoms with Crippen LogP contribution < -0.4 is 16.4 Å². The second kappa shape index (κ2) is 6.10. The fraction of sp³-hybridized carbons (Fsp3) is 0.286. The minimum absolute atomic E-state index is 0.117. The first kappa shape index (κ1) is 13.9. The number of amides is 1.